The number of rotatable bonds is 1. The molecular formula is C7H9ClO2. The van der Waals surface area contributed by atoms with Crippen molar-refractivity contribution < 1.29 is 9.53 Å². The molecule has 0 radical (unpaired) electrons. The molecule has 0 spiro atoms. The van der Waals surface area contributed by atoms with Gasteiger partial charge in [-0.15, -0.1) is 11.6 Å². The molecule has 1 rings (SSSR count). The first-order valence-corrected chi connectivity index (χ1v) is 3.69. The van der Waals surface area contributed by atoms with Crippen LogP contribution in [-0.2, 0) is 9.53 Å². The number of alkyl halides is 1. The Kier molecular flexibility index (Phi) is 2.33. The SMILES string of the molecule is CC1=CC(=O)OC(CCl)C1. The third kappa shape index (κ3) is 1.74. The highest BCUT2D eigenvalue weighted by molar-refractivity contribution is 6.18. The van der Waals surface area contributed by atoms with Gasteiger partial charge in [0.15, 0.2) is 0 Å². The molecule has 1 aliphatic rings. The van der Waals surface area contributed by atoms with Gasteiger partial charge in [-0.05, 0) is 6.92 Å². The van der Waals surface area contributed by atoms with Crippen LogP contribution in [0.2, 0.25) is 0 Å². The molecule has 1 atom stereocenters. The minimum atomic E-state index is -0.269. The largest absolute Gasteiger partial charge is 0.458 e. The number of halogens is 1. The first-order valence-electron chi connectivity index (χ1n) is 3.16. The molecule has 3 heteroatoms. The maximum atomic E-state index is 10.7. The van der Waals surface area contributed by atoms with Gasteiger partial charge < -0.3 is 4.74 Å². The normalized spacial score (nSPS) is 25.6. The maximum Gasteiger partial charge on any atom is 0.331 e. The summed E-state index contributed by atoms with van der Waals surface area (Å²) in [6, 6.07) is 0. The van der Waals surface area contributed by atoms with Gasteiger partial charge in [0, 0.05) is 12.5 Å². The molecule has 1 unspecified atom stereocenters. The van der Waals surface area contributed by atoms with Gasteiger partial charge in [0.2, 0.25) is 0 Å². The van der Waals surface area contributed by atoms with E-state index in [9.17, 15) is 4.79 Å². The summed E-state index contributed by atoms with van der Waals surface area (Å²) in [5.41, 5.74) is 1.04. The summed E-state index contributed by atoms with van der Waals surface area (Å²) in [6.07, 6.45) is 2.16. The Morgan fingerprint density at radius 3 is 3.10 bits per heavy atom. The maximum absolute atomic E-state index is 10.7. The average molecular weight is 161 g/mol. The zero-order chi connectivity index (χ0) is 7.56. The Morgan fingerprint density at radius 2 is 2.60 bits per heavy atom. The molecule has 0 saturated carbocycles. The van der Waals surface area contributed by atoms with E-state index in [2.05, 4.69) is 0 Å². The second-order valence-electron chi connectivity index (χ2n) is 2.41. The summed E-state index contributed by atoms with van der Waals surface area (Å²) < 4.78 is 4.86. The molecule has 0 fully saturated rings. The van der Waals surface area contributed by atoms with Gasteiger partial charge in [-0.2, -0.15) is 0 Å². The Bertz CT molecular complexity index is 174. The zero-order valence-corrected chi connectivity index (χ0v) is 6.52. The standard InChI is InChI=1S/C7H9ClO2/c1-5-2-6(4-8)10-7(9)3-5/h3,6H,2,4H2,1H3. The Balaban J connectivity index is 2.60. The molecule has 0 aliphatic carbocycles. The van der Waals surface area contributed by atoms with Crippen molar-refractivity contribution in [2.45, 2.75) is 19.4 Å². The molecule has 0 bridgehead atoms. The summed E-state index contributed by atoms with van der Waals surface area (Å²) >= 11 is 5.51. The van der Waals surface area contributed by atoms with Crippen LogP contribution in [-0.4, -0.2) is 18.0 Å². The number of carbonyl (C=O) groups is 1. The van der Waals surface area contributed by atoms with Gasteiger partial charge in [-0.1, -0.05) is 5.57 Å². The minimum Gasteiger partial charge on any atom is -0.458 e. The van der Waals surface area contributed by atoms with Crippen molar-refractivity contribution in [3.8, 4) is 0 Å². The van der Waals surface area contributed by atoms with Crippen molar-refractivity contribution >= 4 is 17.6 Å². The van der Waals surface area contributed by atoms with Crippen LogP contribution in [0.15, 0.2) is 11.6 Å². The first kappa shape index (κ1) is 7.61. The summed E-state index contributed by atoms with van der Waals surface area (Å²) in [5, 5.41) is 0. The predicted octanol–water partition coefficient (Wildman–Crippen LogP) is 1.49. The number of hydrogen-bond acceptors (Lipinski definition) is 2. The molecular weight excluding hydrogens is 152 g/mol. The highest BCUT2D eigenvalue weighted by atomic mass is 35.5. The van der Waals surface area contributed by atoms with Gasteiger partial charge in [-0.3, -0.25) is 0 Å². The topological polar surface area (TPSA) is 26.3 Å². The fourth-order valence-corrected chi connectivity index (χ4v) is 1.12. The molecule has 0 aromatic carbocycles. The van der Waals surface area contributed by atoms with E-state index in [1.54, 1.807) is 0 Å². The molecule has 0 aromatic heterocycles. The van der Waals surface area contributed by atoms with Crippen molar-refractivity contribution in [2.75, 3.05) is 5.88 Å². The van der Waals surface area contributed by atoms with E-state index < -0.39 is 0 Å². The van der Waals surface area contributed by atoms with Crippen molar-refractivity contribution in [3.05, 3.63) is 11.6 Å². The first-order chi connectivity index (χ1) is 4.72. The summed E-state index contributed by atoms with van der Waals surface area (Å²) in [7, 11) is 0. The predicted molar refractivity (Wildman–Crippen MR) is 39.0 cm³/mol. The molecule has 56 valence electrons. The van der Waals surface area contributed by atoms with Crippen LogP contribution >= 0.6 is 11.6 Å². The van der Waals surface area contributed by atoms with Gasteiger partial charge in [0.1, 0.15) is 6.10 Å². The van der Waals surface area contributed by atoms with Gasteiger partial charge >= 0.3 is 5.97 Å². The van der Waals surface area contributed by atoms with Crippen molar-refractivity contribution in [1.82, 2.24) is 0 Å². The van der Waals surface area contributed by atoms with E-state index in [0.717, 1.165) is 12.0 Å². The number of cyclic esters (lactones) is 1. The lowest BCUT2D eigenvalue weighted by Crippen LogP contribution is -2.23. The van der Waals surface area contributed by atoms with Gasteiger partial charge in [0.25, 0.3) is 0 Å². The summed E-state index contributed by atoms with van der Waals surface area (Å²) in [4.78, 5) is 10.7. The lowest BCUT2D eigenvalue weighted by atomic mass is 10.1. The zero-order valence-electron chi connectivity index (χ0n) is 5.76. The quantitative estimate of drug-likeness (QED) is 0.429. The second kappa shape index (κ2) is 3.06. The third-order valence-electron chi connectivity index (χ3n) is 1.37. The van der Waals surface area contributed by atoms with E-state index in [0.29, 0.717) is 5.88 Å². The van der Waals surface area contributed by atoms with E-state index >= 15 is 0 Å². The fourth-order valence-electron chi connectivity index (χ4n) is 0.945. The lowest BCUT2D eigenvalue weighted by molar-refractivity contribution is -0.143. The highest BCUT2D eigenvalue weighted by Gasteiger charge is 2.17. The van der Waals surface area contributed by atoms with E-state index in [-0.39, 0.29) is 12.1 Å². The molecule has 0 saturated heterocycles. The third-order valence-corrected chi connectivity index (χ3v) is 1.71. The smallest absolute Gasteiger partial charge is 0.331 e. The Labute approximate surface area is 64.8 Å². The van der Waals surface area contributed by atoms with Crippen LogP contribution in [0.5, 0.6) is 0 Å². The Morgan fingerprint density at radius 1 is 1.90 bits per heavy atom. The monoisotopic (exact) mass is 160 g/mol. The number of ether oxygens (including phenoxy) is 1. The average Bonchev–Trinajstić information content (AvgIpc) is 1.85. The lowest BCUT2D eigenvalue weighted by Gasteiger charge is -2.18. The van der Waals surface area contributed by atoms with Crippen molar-refractivity contribution in [2.24, 2.45) is 0 Å². The molecule has 2 nitrogen and oxygen atoms in total. The van der Waals surface area contributed by atoms with Crippen LogP contribution in [0.1, 0.15) is 13.3 Å². The number of hydrogen-bond donors (Lipinski definition) is 0. The van der Waals surface area contributed by atoms with Gasteiger partial charge in [0.05, 0.1) is 5.88 Å². The molecule has 10 heavy (non-hydrogen) atoms. The van der Waals surface area contributed by atoms with Crippen molar-refractivity contribution in [1.29, 1.82) is 0 Å². The highest BCUT2D eigenvalue weighted by Crippen LogP contribution is 2.15. The fraction of sp³-hybridized carbons (Fsp3) is 0.571. The van der Waals surface area contributed by atoms with Crippen LogP contribution in [0.25, 0.3) is 0 Å². The van der Waals surface area contributed by atoms with Crippen LogP contribution in [0.3, 0.4) is 0 Å². The number of carbonyl (C=O) groups excluding carboxylic acids is 1. The summed E-state index contributed by atoms with van der Waals surface area (Å²) in [5.74, 6) is 0.117. The molecule has 1 aliphatic heterocycles. The van der Waals surface area contributed by atoms with Crippen molar-refractivity contribution in [3.63, 3.8) is 0 Å². The van der Waals surface area contributed by atoms with Crippen LogP contribution < -0.4 is 0 Å². The number of esters is 1. The Hall–Kier alpha value is -0.500. The molecule has 0 aromatic rings. The second-order valence-corrected chi connectivity index (χ2v) is 2.72. The van der Waals surface area contributed by atoms with E-state index in [4.69, 9.17) is 16.3 Å². The van der Waals surface area contributed by atoms with Gasteiger partial charge in [-0.25, -0.2) is 4.79 Å². The summed E-state index contributed by atoms with van der Waals surface area (Å²) in [6.45, 7) is 1.90. The minimum absolute atomic E-state index is 0.112. The van der Waals surface area contributed by atoms with E-state index in [1.165, 1.54) is 6.08 Å². The molecule has 1 heterocycles. The van der Waals surface area contributed by atoms with Crippen LogP contribution in [0.4, 0.5) is 0 Å². The molecule has 0 N–H and O–H groups in total. The van der Waals surface area contributed by atoms with Crippen LogP contribution in [0, 0.1) is 0 Å². The van der Waals surface area contributed by atoms with E-state index in [1.807, 2.05) is 6.92 Å². The molecule has 0 amide bonds.